The topological polar surface area (TPSA) is 36.4 Å². The third-order valence-electron chi connectivity index (χ3n) is 5.76. The third kappa shape index (κ3) is 6.13. The summed E-state index contributed by atoms with van der Waals surface area (Å²) in [6.07, 6.45) is 9.07. The van der Waals surface area contributed by atoms with E-state index >= 15 is 0 Å². The number of hydrogen-bond acceptors (Lipinski definition) is 3. The normalized spacial score (nSPS) is 22.1. The summed E-state index contributed by atoms with van der Waals surface area (Å²) in [5, 5.41) is 0. The molecule has 0 saturated carbocycles. The number of nitrogens with zero attached hydrogens (tertiary/aromatic N) is 3. The van der Waals surface area contributed by atoms with Crippen LogP contribution in [-0.4, -0.2) is 46.9 Å². The molecular weight excluding hydrogens is 353 g/mol. The van der Waals surface area contributed by atoms with Crippen LogP contribution in [0.25, 0.3) is 0 Å². The Balaban J connectivity index is 0.000000129. The van der Waals surface area contributed by atoms with Gasteiger partial charge in [0.15, 0.2) is 0 Å². The number of piperidine rings is 3. The Morgan fingerprint density at radius 3 is 2.14 bits per heavy atom. The fourth-order valence-corrected chi connectivity index (χ4v) is 3.92. The van der Waals surface area contributed by atoms with Gasteiger partial charge >= 0.3 is 0 Å². The largest absolute Gasteiger partial charge is 0.338 e. The Morgan fingerprint density at radius 2 is 1.68 bits per heavy atom. The van der Waals surface area contributed by atoms with E-state index in [-0.39, 0.29) is 11.7 Å². The molecule has 6 rings (SSSR count). The number of halogens is 1. The first-order chi connectivity index (χ1) is 13.6. The summed E-state index contributed by atoms with van der Waals surface area (Å²) in [5.41, 5.74) is 2.51. The molecule has 2 bridgehead atoms. The van der Waals surface area contributed by atoms with E-state index in [9.17, 15) is 9.18 Å². The Kier molecular flexibility index (Phi) is 7.54. The predicted molar refractivity (Wildman–Crippen MR) is 109 cm³/mol. The fourth-order valence-electron chi connectivity index (χ4n) is 3.92. The molecule has 2 aromatic rings. The average Bonchev–Trinajstić information content (AvgIpc) is 2.76. The molecule has 0 radical (unpaired) electrons. The van der Waals surface area contributed by atoms with E-state index in [1.807, 2.05) is 17.2 Å². The van der Waals surface area contributed by atoms with Crippen LogP contribution in [0, 0.1) is 11.7 Å². The van der Waals surface area contributed by atoms with Gasteiger partial charge < -0.3 is 9.80 Å². The maximum absolute atomic E-state index is 11.9. The van der Waals surface area contributed by atoms with Gasteiger partial charge in [-0.2, -0.15) is 0 Å². The van der Waals surface area contributed by atoms with Gasteiger partial charge in [0.1, 0.15) is 5.82 Å². The van der Waals surface area contributed by atoms with Gasteiger partial charge in [-0.25, -0.2) is 4.39 Å². The molecule has 0 aliphatic carbocycles. The summed E-state index contributed by atoms with van der Waals surface area (Å²) >= 11 is 0. The highest BCUT2D eigenvalue weighted by Gasteiger charge is 2.24. The second-order valence-electron chi connectivity index (χ2n) is 7.70. The summed E-state index contributed by atoms with van der Waals surface area (Å²) in [7, 11) is 0. The number of rotatable bonds is 0. The molecule has 5 heteroatoms. The van der Waals surface area contributed by atoms with Crippen molar-refractivity contribution in [1.29, 1.82) is 0 Å². The zero-order valence-electron chi connectivity index (χ0n) is 16.7. The Bertz CT molecular complexity index is 722. The van der Waals surface area contributed by atoms with Crippen LogP contribution in [0.1, 0.15) is 37.3 Å². The Hall–Kier alpha value is -2.27. The van der Waals surface area contributed by atoms with Crippen LogP contribution in [0.15, 0.2) is 48.8 Å². The monoisotopic (exact) mass is 383 g/mol. The minimum absolute atomic E-state index is 0.155. The van der Waals surface area contributed by atoms with E-state index in [1.165, 1.54) is 62.2 Å². The quantitative estimate of drug-likeness (QED) is 0.692. The van der Waals surface area contributed by atoms with E-state index < -0.39 is 0 Å². The highest BCUT2D eigenvalue weighted by atomic mass is 19.1. The molecule has 150 valence electrons. The Morgan fingerprint density at radius 1 is 1.00 bits per heavy atom. The van der Waals surface area contributed by atoms with Gasteiger partial charge in [0, 0.05) is 32.4 Å². The zero-order chi connectivity index (χ0) is 19.8. The van der Waals surface area contributed by atoms with Crippen molar-refractivity contribution in [2.75, 3.05) is 26.2 Å². The van der Waals surface area contributed by atoms with Crippen LogP contribution >= 0.6 is 0 Å². The lowest BCUT2D eigenvalue weighted by molar-refractivity contribution is -0.129. The minimum atomic E-state index is -0.178. The van der Waals surface area contributed by atoms with Gasteiger partial charge in [0.2, 0.25) is 5.91 Å². The van der Waals surface area contributed by atoms with Gasteiger partial charge in [0.25, 0.3) is 0 Å². The van der Waals surface area contributed by atoms with E-state index in [1.54, 1.807) is 31.3 Å². The first-order valence-corrected chi connectivity index (χ1v) is 10.2. The molecule has 4 aliphatic heterocycles. The zero-order valence-corrected chi connectivity index (χ0v) is 16.7. The number of hydrogen-bond donors (Lipinski definition) is 0. The number of fused-ring (bicyclic) bond motifs is 4. The molecule has 1 aromatic heterocycles. The lowest BCUT2D eigenvalue weighted by Gasteiger charge is -2.38. The molecule has 4 aliphatic rings. The van der Waals surface area contributed by atoms with Crippen LogP contribution in [-0.2, 0) is 17.8 Å². The fraction of sp³-hybridized carbons (Fsp3) is 0.478. The molecule has 1 amide bonds. The third-order valence-corrected chi connectivity index (χ3v) is 5.76. The molecule has 0 atom stereocenters. The van der Waals surface area contributed by atoms with E-state index in [4.69, 9.17) is 0 Å². The Labute approximate surface area is 167 Å². The maximum Gasteiger partial charge on any atom is 0.219 e. The van der Waals surface area contributed by atoms with Gasteiger partial charge in [0.05, 0.1) is 0 Å². The number of carbonyl (C=O) groups excluding carboxylic acids is 1. The summed E-state index contributed by atoms with van der Waals surface area (Å²) in [5.74, 6) is 1.09. The average molecular weight is 384 g/mol. The van der Waals surface area contributed by atoms with Gasteiger partial charge in [-0.15, -0.1) is 0 Å². The summed E-state index contributed by atoms with van der Waals surface area (Å²) < 4.78 is 11.9. The standard InChI is InChI=1S/C10H12N2O.C7H13N.C6H5F/c1-8(13)12-5-3-9-6-11-4-2-10(9)7-12;1-4-8-5-2-7(1)3-6-8;7-6-4-2-1-3-5-6/h2,4,6H,3,5,7H2,1H3;7H,1-6H2;1-5H. The highest BCUT2D eigenvalue weighted by Crippen LogP contribution is 2.26. The number of amides is 1. The van der Waals surface area contributed by atoms with E-state index in [0.29, 0.717) is 0 Å². The lowest BCUT2D eigenvalue weighted by atomic mass is 9.89. The maximum atomic E-state index is 11.9. The van der Waals surface area contributed by atoms with Crippen LogP contribution in [0.3, 0.4) is 0 Å². The van der Waals surface area contributed by atoms with Crippen LogP contribution in [0.5, 0.6) is 0 Å². The smallest absolute Gasteiger partial charge is 0.219 e. The molecule has 28 heavy (non-hydrogen) atoms. The molecule has 5 heterocycles. The number of benzene rings is 1. The van der Waals surface area contributed by atoms with Crippen molar-refractivity contribution in [3.05, 3.63) is 65.7 Å². The summed E-state index contributed by atoms with van der Waals surface area (Å²) in [4.78, 5) is 19.6. The van der Waals surface area contributed by atoms with Crippen molar-refractivity contribution in [3.63, 3.8) is 0 Å². The molecule has 0 N–H and O–H groups in total. The van der Waals surface area contributed by atoms with Gasteiger partial charge in [-0.1, -0.05) is 18.2 Å². The SMILES string of the molecule is C1CN2CCC1CC2.CC(=O)N1CCc2cnccc2C1.Fc1ccccc1. The molecule has 1 aromatic carbocycles. The summed E-state index contributed by atoms with van der Waals surface area (Å²) in [6, 6.07) is 9.93. The van der Waals surface area contributed by atoms with E-state index in [2.05, 4.69) is 9.88 Å². The van der Waals surface area contributed by atoms with Gasteiger partial charge in [-0.05, 0) is 80.6 Å². The van der Waals surface area contributed by atoms with Crippen molar-refractivity contribution >= 4 is 5.91 Å². The molecule has 0 unspecified atom stereocenters. The molecular formula is C23H30FN3O. The molecule has 3 saturated heterocycles. The van der Waals surface area contributed by atoms with Crippen LogP contribution in [0.2, 0.25) is 0 Å². The predicted octanol–water partition coefficient (Wildman–Crippen LogP) is 3.91. The second-order valence-corrected chi connectivity index (χ2v) is 7.70. The van der Waals surface area contributed by atoms with Crippen molar-refractivity contribution in [2.45, 2.75) is 39.2 Å². The molecule has 3 fully saturated rings. The molecule has 0 spiro atoms. The number of aromatic nitrogens is 1. The van der Waals surface area contributed by atoms with Crippen LogP contribution < -0.4 is 0 Å². The van der Waals surface area contributed by atoms with E-state index in [0.717, 1.165) is 25.4 Å². The number of carbonyl (C=O) groups is 1. The van der Waals surface area contributed by atoms with Crippen molar-refractivity contribution in [2.24, 2.45) is 5.92 Å². The first-order valence-electron chi connectivity index (χ1n) is 10.2. The summed E-state index contributed by atoms with van der Waals surface area (Å²) in [6.45, 7) is 7.37. The van der Waals surface area contributed by atoms with Crippen LogP contribution in [0.4, 0.5) is 4.39 Å². The molecule has 4 nitrogen and oxygen atoms in total. The first kappa shape index (κ1) is 20.5. The lowest BCUT2D eigenvalue weighted by Crippen LogP contribution is -2.41. The number of pyridine rings is 1. The second kappa shape index (κ2) is 10.3. The minimum Gasteiger partial charge on any atom is -0.338 e. The van der Waals surface area contributed by atoms with Crippen molar-refractivity contribution < 1.29 is 9.18 Å². The highest BCUT2D eigenvalue weighted by molar-refractivity contribution is 5.73. The van der Waals surface area contributed by atoms with Crippen molar-refractivity contribution in [1.82, 2.24) is 14.8 Å². The van der Waals surface area contributed by atoms with Crippen molar-refractivity contribution in [3.8, 4) is 0 Å². The van der Waals surface area contributed by atoms with Gasteiger partial charge in [-0.3, -0.25) is 9.78 Å².